The van der Waals surface area contributed by atoms with Crippen LogP contribution in [0.25, 0.3) is 0 Å². The smallest absolute Gasteiger partial charge is 0.237 e. The van der Waals surface area contributed by atoms with Gasteiger partial charge in [-0.3, -0.25) is 4.79 Å². The van der Waals surface area contributed by atoms with Gasteiger partial charge in [-0.1, -0.05) is 49.2 Å². The average molecular weight is 359 g/mol. The van der Waals surface area contributed by atoms with Gasteiger partial charge in [-0.05, 0) is 38.8 Å². The first kappa shape index (κ1) is 18.0. The summed E-state index contributed by atoms with van der Waals surface area (Å²) >= 11 is 1.51. The minimum atomic E-state index is 0.106. The molecular formula is C19H26N4OS. The Morgan fingerprint density at radius 1 is 1.20 bits per heavy atom. The van der Waals surface area contributed by atoms with Crippen LogP contribution in [0.2, 0.25) is 0 Å². The van der Waals surface area contributed by atoms with E-state index in [1.54, 1.807) is 0 Å². The third-order valence-electron chi connectivity index (χ3n) is 4.78. The number of carbonyl (C=O) groups is 1. The Balaban J connectivity index is 1.68. The highest BCUT2D eigenvalue weighted by Gasteiger charge is 2.22. The van der Waals surface area contributed by atoms with Crippen LogP contribution in [0.4, 0.5) is 5.69 Å². The lowest BCUT2D eigenvalue weighted by atomic mass is 9.95. The molecule has 3 rings (SSSR count). The number of aromatic nitrogens is 3. The molecular weight excluding hydrogens is 332 g/mol. The number of rotatable bonds is 6. The molecule has 5 nitrogen and oxygen atoms in total. The first-order valence-corrected chi connectivity index (χ1v) is 10.1. The van der Waals surface area contributed by atoms with Gasteiger partial charge in [-0.2, -0.15) is 0 Å². The number of aryl methyl sites for hydroxylation is 1. The molecule has 0 radical (unpaired) electrons. The molecule has 0 atom stereocenters. The van der Waals surface area contributed by atoms with Gasteiger partial charge >= 0.3 is 0 Å². The molecule has 1 aliphatic carbocycles. The minimum Gasteiger partial charge on any atom is -0.312 e. The maximum Gasteiger partial charge on any atom is 0.237 e. The number of hydrogen-bond acceptors (Lipinski definition) is 4. The van der Waals surface area contributed by atoms with Crippen molar-refractivity contribution in [3.05, 3.63) is 36.2 Å². The maximum absolute atomic E-state index is 12.7. The molecule has 0 unspecified atom stereocenters. The fraction of sp³-hybridized carbons (Fsp3) is 0.526. The van der Waals surface area contributed by atoms with Crippen molar-refractivity contribution in [1.82, 2.24) is 14.8 Å². The monoisotopic (exact) mass is 358 g/mol. The highest BCUT2D eigenvalue weighted by Crippen LogP contribution is 2.32. The van der Waals surface area contributed by atoms with Crippen LogP contribution in [0.5, 0.6) is 0 Å². The van der Waals surface area contributed by atoms with E-state index < -0.39 is 0 Å². The van der Waals surface area contributed by atoms with Gasteiger partial charge in [0.15, 0.2) is 5.16 Å². The summed E-state index contributed by atoms with van der Waals surface area (Å²) in [4.78, 5) is 14.5. The van der Waals surface area contributed by atoms with E-state index in [4.69, 9.17) is 0 Å². The van der Waals surface area contributed by atoms with Crippen LogP contribution in [0.1, 0.15) is 50.9 Å². The number of benzene rings is 1. The molecule has 1 aromatic carbocycles. The number of thioether (sulfide) groups is 1. The molecule has 6 heteroatoms. The Morgan fingerprint density at radius 2 is 1.92 bits per heavy atom. The molecule has 0 saturated heterocycles. The summed E-state index contributed by atoms with van der Waals surface area (Å²) in [6, 6.07) is 10.3. The van der Waals surface area contributed by atoms with Crippen LogP contribution in [0.15, 0.2) is 35.5 Å². The molecule has 1 fully saturated rings. The minimum absolute atomic E-state index is 0.106. The zero-order chi connectivity index (χ0) is 17.6. The van der Waals surface area contributed by atoms with Crippen molar-refractivity contribution in [2.45, 2.75) is 57.1 Å². The van der Waals surface area contributed by atoms with Crippen molar-refractivity contribution >= 4 is 23.4 Å². The molecule has 0 N–H and O–H groups in total. The summed E-state index contributed by atoms with van der Waals surface area (Å²) in [5.74, 6) is 1.44. The van der Waals surface area contributed by atoms with Gasteiger partial charge < -0.3 is 9.47 Å². The zero-order valence-corrected chi connectivity index (χ0v) is 15.8. The highest BCUT2D eigenvalue weighted by atomic mass is 32.2. The molecule has 25 heavy (non-hydrogen) atoms. The summed E-state index contributed by atoms with van der Waals surface area (Å²) in [5.41, 5.74) is 0.945. The fourth-order valence-electron chi connectivity index (χ4n) is 3.52. The Morgan fingerprint density at radius 3 is 2.60 bits per heavy atom. The van der Waals surface area contributed by atoms with E-state index in [1.807, 2.05) is 49.1 Å². The van der Waals surface area contributed by atoms with Gasteiger partial charge in [0.2, 0.25) is 5.91 Å². The molecule has 1 amide bonds. The largest absolute Gasteiger partial charge is 0.312 e. The molecule has 0 bridgehead atoms. The van der Waals surface area contributed by atoms with Crippen molar-refractivity contribution in [2.24, 2.45) is 0 Å². The first-order valence-electron chi connectivity index (χ1n) is 9.10. The molecule has 134 valence electrons. The second-order valence-electron chi connectivity index (χ2n) is 6.45. The topological polar surface area (TPSA) is 51.0 Å². The van der Waals surface area contributed by atoms with E-state index in [1.165, 1.54) is 43.9 Å². The summed E-state index contributed by atoms with van der Waals surface area (Å²) in [7, 11) is 0. The van der Waals surface area contributed by atoms with Crippen LogP contribution >= 0.6 is 11.8 Å². The normalized spacial score (nSPS) is 15.3. The van der Waals surface area contributed by atoms with Crippen molar-refractivity contribution in [3.8, 4) is 0 Å². The third kappa shape index (κ3) is 4.24. The molecule has 0 aliphatic heterocycles. The van der Waals surface area contributed by atoms with Crippen LogP contribution in [0.3, 0.4) is 0 Å². The molecule has 1 aliphatic rings. The van der Waals surface area contributed by atoms with Crippen molar-refractivity contribution in [3.63, 3.8) is 0 Å². The molecule has 1 aromatic heterocycles. The van der Waals surface area contributed by atoms with E-state index in [0.29, 0.717) is 18.3 Å². The van der Waals surface area contributed by atoms with Crippen molar-refractivity contribution in [1.29, 1.82) is 0 Å². The van der Waals surface area contributed by atoms with Gasteiger partial charge in [0.05, 0.1) is 5.75 Å². The number of nitrogens with zero attached hydrogens (tertiary/aromatic N) is 4. The quantitative estimate of drug-likeness (QED) is 0.725. The lowest BCUT2D eigenvalue weighted by molar-refractivity contribution is -0.116. The fourth-order valence-corrected chi connectivity index (χ4v) is 4.45. The van der Waals surface area contributed by atoms with E-state index in [-0.39, 0.29) is 5.91 Å². The van der Waals surface area contributed by atoms with Crippen LogP contribution in [-0.2, 0) is 4.79 Å². The standard InChI is InChI=1S/C19H26N4OS/c1-3-22(16-10-6-4-7-11-16)18(24)14-25-19-21-20-15(2)23(19)17-12-8-5-9-13-17/h4,6-7,10-11,17H,3,5,8-9,12-14H2,1-2H3. The number of carbonyl (C=O) groups excluding carboxylic acids is 1. The highest BCUT2D eigenvalue weighted by molar-refractivity contribution is 7.99. The number of anilines is 1. The molecule has 2 aromatic rings. The second kappa shape index (κ2) is 8.52. The zero-order valence-electron chi connectivity index (χ0n) is 15.0. The van der Waals surface area contributed by atoms with Gasteiger partial charge in [0.1, 0.15) is 5.82 Å². The van der Waals surface area contributed by atoms with Crippen LogP contribution in [-0.4, -0.2) is 33.0 Å². The number of hydrogen-bond donors (Lipinski definition) is 0. The Hall–Kier alpha value is -1.82. The van der Waals surface area contributed by atoms with Crippen molar-refractivity contribution < 1.29 is 4.79 Å². The van der Waals surface area contributed by atoms with Crippen molar-refractivity contribution in [2.75, 3.05) is 17.2 Å². The summed E-state index contributed by atoms with van der Waals surface area (Å²) in [5, 5.41) is 9.46. The predicted molar refractivity (Wildman–Crippen MR) is 102 cm³/mol. The number of para-hydroxylation sites is 1. The van der Waals surface area contributed by atoms with Crippen LogP contribution < -0.4 is 4.90 Å². The summed E-state index contributed by atoms with van der Waals surface area (Å²) in [6.07, 6.45) is 6.23. The molecule has 1 heterocycles. The lowest BCUT2D eigenvalue weighted by Gasteiger charge is -2.25. The van der Waals surface area contributed by atoms with E-state index in [2.05, 4.69) is 14.8 Å². The van der Waals surface area contributed by atoms with Gasteiger partial charge in [-0.15, -0.1) is 10.2 Å². The summed E-state index contributed by atoms with van der Waals surface area (Å²) in [6.45, 7) is 4.68. The van der Waals surface area contributed by atoms with Gasteiger partial charge in [-0.25, -0.2) is 0 Å². The van der Waals surface area contributed by atoms with E-state index >= 15 is 0 Å². The van der Waals surface area contributed by atoms with Gasteiger partial charge in [0.25, 0.3) is 0 Å². The lowest BCUT2D eigenvalue weighted by Crippen LogP contribution is -2.32. The molecule has 0 spiro atoms. The Kier molecular flexibility index (Phi) is 6.13. The van der Waals surface area contributed by atoms with E-state index in [0.717, 1.165) is 16.7 Å². The maximum atomic E-state index is 12.7. The number of amides is 1. The molecule has 1 saturated carbocycles. The predicted octanol–water partition coefficient (Wildman–Crippen LogP) is 4.24. The third-order valence-corrected chi connectivity index (χ3v) is 5.71. The summed E-state index contributed by atoms with van der Waals surface area (Å²) < 4.78 is 2.25. The van der Waals surface area contributed by atoms with Crippen LogP contribution in [0, 0.1) is 6.92 Å². The Bertz CT molecular complexity index is 695. The second-order valence-corrected chi connectivity index (χ2v) is 7.40. The van der Waals surface area contributed by atoms with E-state index in [9.17, 15) is 4.79 Å². The first-order chi connectivity index (χ1) is 12.2. The Labute approximate surface area is 153 Å². The SMILES string of the molecule is CCN(C(=O)CSc1nnc(C)n1C1CCCCC1)c1ccccc1. The average Bonchev–Trinajstić information content (AvgIpc) is 3.03. The van der Waals surface area contributed by atoms with Gasteiger partial charge in [0, 0.05) is 18.3 Å².